The van der Waals surface area contributed by atoms with Crippen LogP contribution in [-0.4, -0.2) is 39.0 Å². The minimum Gasteiger partial charge on any atom is -0.317 e. The fourth-order valence-corrected chi connectivity index (χ4v) is 3.88. The highest BCUT2D eigenvalue weighted by Crippen LogP contribution is 2.25. The van der Waals surface area contributed by atoms with E-state index in [1.165, 1.54) is 16.9 Å². The van der Waals surface area contributed by atoms with Gasteiger partial charge in [0, 0.05) is 10.9 Å². The van der Waals surface area contributed by atoms with Gasteiger partial charge in [-0.05, 0) is 37.9 Å². The molecule has 27 heavy (non-hydrogen) atoms. The molecule has 2 aromatic heterocycles. The highest BCUT2D eigenvalue weighted by Gasteiger charge is 2.19. The number of carbonyl (C=O) groups is 1. The highest BCUT2D eigenvalue weighted by molar-refractivity contribution is 7.14. The number of benzene rings is 1. The molecule has 0 aliphatic carbocycles. The van der Waals surface area contributed by atoms with Crippen molar-refractivity contribution in [2.45, 2.75) is 32.2 Å². The van der Waals surface area contributed by atoms with Gasteiger partial charge in [0.2, 0.25) is 0 Å². The molecule has 1 aliphatic rings. The minimum atomic E-state index is -0.280. The topological polar surface area (TPSA) is 84.7 Å². The summed E-state index contributed by atoms with van der Waals surface area (Å²) in [5.41, 5.74) is 3.51. The number of hydrogen-bond donors (Lipinski definition) is 2. The van der Waals surface area contributed by atoms with E-state index in [0.29, 0.717) is 16.9 Å². The second-order valence-corrected chi connectivity index (χ2v) is 7.47. The lowest BCUT2D eigenvalue weighted by Gasteiger charge is -2.21. The molecule has 7 nitrogen and oxygen atoms in total. The summed E-state index contributed by atoms with van der Waals surface area (Å²) < 4.78 is 1.80. The van der Waals surface area contributed by atoms with Crippen LogP contribution in [0.4, 0.5) is 5.13 Å². The van der Waals surface area contributed by atoms with Crippen molar-refractivity contribution >= 4 is 22.4 Å². The second-order valence-electron chi connectivity index (χ2n) is 6.61. The Labute approximate surface area is 161 Å². The lowest BCUT2D eigenvalue weighted by molar-refractivity contribution is 0.102. The number of anilines is 1. The SMILES string of the molecule is CCc1ccc(-c2csc(NC(=O)c3cn(C4CCNCC4)nn3)n2)cc1. The number of hydrogen-bond acceptors (Lipinski definition) is 6. The van der Waals surface area contributed by atoms with Gasteiger partial charge in [0.25, 0.3) is 5.91 Å². The second kappa shape index (κ2) is 7.98. The Kier molecular flexibility index (Phi) is 5.26. The number of amides is 1. The van der Waals surface area contributed by atoms with Crippen molar-refractivity contribution in [1.29, 1.82) is 0 Å². The lowest BCUT2D eigenvalue weighted by atomic mass is 10.1. The molecule has 140 valence electrons. The predicted octanol–water partition coefficient (Wildman–Crippen LogP) is 3.14. The zero-order valence-corrected chi connectivity index (χ0v) is 16.0. The first-order chi connectivity index (χ1) is 13.2. The fraction of sp³-hybridized carbons (Fsp3) is 0.368. The third-order valence-corrected chi connectivity index (χ3v) is 5.57. The van der Waals surface area contributed by atoms with Crippen LogP contribution >= 0.6 is 11.3 Å². The predicted molar refractivity (Wildman–Crippen MR) is 106 cm³/mol. The Morgan fingerprint density at radius 1 is 1.30 bits per heavy atom. The highest BCUT2D eigenvalue weighted by atomic mass is 32.1. The monoisotopic (exact) mass is 382 g/mol. The number of aromatic nitrogens is 4. The van der Waals surface area contributed by atoms with Crippen LogP contribution in [0.15, 0.2) is 35.8 Å². The number of nitrogens with one attached hydrogen (secondary N) is 2. The Morgan fingerprint density at radius 3 is 2.81 bits per heavy atom. The molecule has 1 fully saturated rings. The quantitative estimate of drug-likeness (QED) is 0.708. The minimum absolute atomic E-state index is 0.280. The first kappa shape index (κ1) is 17.8. The molecule has 0 unspecified atom stereocenters. The molecule has 0 saturated carbocycles. The summed E-state index contributed by atoms with van der Waals surface area (Å²) in [5.74, 6) is -0.280. The molecule has 1 aromatic carbocycles. The van der Waals surface area contributed by atoms with E-state index in [-0.39, 0.29) is 5.91 Å². The summed E-state index contributed by atoms with van der Waals surface area (Å²) in [6.45, 7) is 4.06. The molecule has 4 rings (SSSR count). The van der Waals surface area contributed by atoms with Gasteiger partial charge >= 0.3 is 0 Å². The number of nitrogens with zero attached hydrogens (tertiary/aromatic N) is 4. The standard InChI is InChI=1S/C19H22N6OS/c1-2-13-3-5-14(6-4-13)17-12-27-19(21-17)22-18(26)16-11-25(24-23-16)15-7-9-20-10-8-15/h3-6,11-12,15,20H,2,7-10H2,1H3,(H,21,22,26). The third-order valence-electron chi connectivity index (χ3n) is 4.81. The Hall–Kier alpha value is -2.58. The van der Waals surface area contributed by atoms with Crippen molar-refractivity contribution in [2.75, 3.05) is 18.4 Å². The molecular weight excluding hydrogens is 360 g/mol. The summed E-state index contributed by atoms with van der Waals surface area (Å²) in [6, 6.07) is 8.63. The van der Waals surface area contributed by atoms with Gasteiger partial charge in [-0.2, -0.15) is 0 Å². The van der Waals surface area contributed by atoms with E-state index in [2.05, 4.69) is 57.1 Å². The molecule has 2 N–H and O–H groups in total. The fourth-order valence-electron chi connectivity index (χ4n) is 3.17. The molecule has 3 heterocycles. The molecule has 0 atom stereocenters. The number of aryl methyl sites for hydroxylation is 1. The molecule has 1 amide bonds. The Morgan fingerprint density at radius 2 is 2.07 bits per heavy atom. The van der Waals surface area contributed by atoms with Crippen molar-refractivity contribution in [2.24, 2.45) is 0 Å². The van der Waals surface area contributed by atoms with Crippen LogP contribution in [0.25, 0.3) is 11.3 Å². The van der Waals surface area contributed by atoms with E-state index < -0.39 is 0 Å². The van der Waals surface area contributed by atoms with E-state index in [0.717, 1.165) is 43.6 Å². The van der Waals surface area contributed by atoms with Crippen molar-refractivity contribution < 1.29 is 4.79 Å². The molecule has 8 heteroatoms. The summed E-state index contributed by atoms with van der Waals surface area (Å²) >= 11 is 1.41. The smallest absolute Gasteiger partial charge is 0.279 e. The summed E-state index contributed by atoms with van der Waals surface area (Å²) in [7, 11) is 0. The van der Waals surface area contributed by atoms with E-state index in [9.17, 15) is 4.79 Å². The Bertz CT molecular complexity index is 910. The van der Waals surface area contributed by atoms with E-state index >= 15 is 0 Å². The molecule has 1 aliphatic heterocycles. The molecule has 0 bridgehead atoms. The van der Waals surface area contributed by atoms with E-state index in [4.69, 9.17) is 0 Å². The maximum Gasteiger partial charge on any atom is 0.279 e. The van der Waals surface area contributed by atoms with Crippen LogP contribution in [0, 0.1) is 0 Å². The van der Waals surface area contributed by atoms with Gasteiger partial charge in [-0.3, -0.25) is 10.1 Å². The maximum absolute atomic E-state index is 12.5. The largest absolute Gasteiger partial charge is 0.317 e. The summed E-state index contributed by atoms with van der Waals surface area (Å²) in [4.78, 5) is 17.0. The van der Waals surface area contributed by atoms with Gasteiger partial charge in [0.15, 0.2) is 10.8 Å². The number of rotatable bonds is 5. The van der Waals surface area contributed by atoms with Crippen LogP contribution in [0.5, 0.6) is 0 Å². The van der Waals surface area contributed by atoms with Crippen LogP contribution < -0.4 is 10.6 Å². The van der Waals surface area contributed by atoms with Gasteiger partial charge in [-0.25, -0.2) is 9.67 Å². The van der Waals surface area contributed by atoms with Gasteiger partial charge in [0.1, 0.15) is 0 Å². The van der Waals surface area contributed by atoms with Gasteiger partial charge in [-0.15, -0.1) is 16.4 Å². The van der Waals surface area contributed by atoms with Crippen LogP contribution in [0.3, 0.4) is 0 Å². The zero-order chi connectivity index (χ0) is 18.6. The van der Waals surface area contributed by atoms with Crippen molar-refractivity contribution in [3.05, 3.63) is 47.1 Å². The first-order valence-electron chi connectivity index (χ1n) is 9.21. The number of carbonyl (C=O) groups excluding carboxylic acids is 1. The number of piperidine rings is 1. The Balaban J connectivity index is 1.42. The normalized spacial score (nSPS) is 15.0. The van der Waals surface area contributed by atoms with Crippen LogP contribution in [0.1, 0.15) is 41.9 Å². The summed E-state index contributed by atoms with van der Waals surface area (Å²) in [6.07, 6.45) is 4.73. The molecular formula is C19H22N6OS. The van der Waals surface area contributed by atoms with Crippen molar-refractivity contribution in [3.8, 4) is 11.3 Å². The van der Waals surface area contributed by atoms with Crippen molar-refractivity contribution in [1.82, 2.24) is 25.3 Å². The number of thiazole rings is 1. The van der Waals surface area contributed by atoms with E-state index in [1.54, 1.807) is 10.9 Å². The zero-order valence-electron chi connectivity index (χ0n) is 15.2. The van der Waals surface area contributed by atoms with Crippen molar-refractivity contribution in [3.63, 3.8) is 0 Å². The lowest BCUT2D eigenvalue weighted by Crippen LogP contribution is -2.29. The summed E-state index contributed by atoms with van der Waals surface area (Å²) in [5, 5.41) is 16.8. The average molecular weight is 382 g/mol. The van der Waals surface area contributed by atoms with Crippen LogP contribution in [-0.2, 0) is 6.42 Å². The molecule has 1 saturated heterocycles. The molecule has 3 aromatic rings. The van der Waals surface area contributed by atoms with Gasteiger partial charge in [-0.1, -0.05) is 36.4 Å². The first-order valence-corrected chi connectivity index (χ1v) is 10.1. The van der Waals surface area contributed by atoms with E-state index in [1.807, 2.05) is 5.38 Å². The van der Waals surface area contributed by atoms with Gasteiger partial charge in [0.05, 0.1) is 17.9 Å². The average Bonchev–Trinajstić information content (AvgIpc) is 3.39. The molecule has 0 radical (unpaired) electrons. The van der Waals surface area contributed by atoms with Crippen LogP contribution in [0.2, 0.25) is 0 Å². The maximum atomic E-state index is 12.5. The third kappa shape index (κ3) is 4.06. The molecule has 0 spiro atoms. The van der Waals surface area contributed by atoms with Gasteiger partial charge < -0.3 is 5.32 Å².